The van der Waals surface area contributed by atoms with Gasteiger partial charge in [-0.05, 0) is 30.4 Å². The third-order valence-electron chi connectivity index (χ3n) is 3.56. The average Bonchev–Trinajstić information content (AvgIpc) is 2.81. The van der Waals surface area contributed by atoms with Crippen LogP contribution >= 0.6 is 0 Å². The van der Waals surface area contributed by atoms with E-state index in [1.165, 1.54) is 18.4 Å². The average molecular weight is 216 g/mol. The van der Waals surface area contributed by atoms with Crippen molar-refractivity contribution in [1.29, 1.82) is 0 Å². The lowest BCUT2D eigenvalue weighted by Gasteiger charge is -2.10. The molecule has 1 fully saturated rings. The molecule has 0 atom stereocenters. The van der Waals surface area contributed by atoms with Crippen molar-refractivity contribution in [2.24, 2.45) is 5.92 Å². The first kappa shape index (κ1) is 11.4. The quantitative estimate of drug-likeness (QED) is 0.693. The molecule has 0 amide bonds. The molecular weight excluding hydrogens is 196 g/mol. The maximum Gasteiger partial charge on any atom is 0.165 e. The number of hydrogen-bond donors (Lipinski definition) is 0. The van der Waals surface area contributed by atoms with Gasteiger partial charge in [-0.25, -0.2) is 0 Å². The second-order valence-corrected chi connectivity index (χ2v) is 5.13. The smallest absolute Gasteiger partial charge is 0.165 e. The first-order chi connectivity index (χ1) is 7.68. The minimum Gasteiger partial charge on any atom is -0.294 e. The van der Waals surface area contributed by atoms with E-state index in [9.17, 15) is 4.79 Å². The highest BCUT2D eigenvalue weighted by Crippen LogP contribution is 2.28. The summed E-state index contributed by atoms with van der Waals surface area (Å²) in [6.07, 6.45) is 4.62. The molecule has 0 saturated heterocycles. The van der Waals surface area contributed by atoms with E-state index in [1.54, 1.807) is 0 Å². The van der Waals surface area contributed by atoms with Crippen LogP contribution in [0.15, 0.2) is 24.3 Å². The van der Waals surface area contributed by atoms with Gasteiger partial charge in [-0.2, -0.15) is 0 Å². The molecule has 0 heterocycles. The molecule has 0 spiro atoms. The van der Waals surface area contributed by atoms with Gasteiger partial charge in [0.1, 0.15) is 0 Å². The molecule has 0 aliphatic heterocycles. The van der Waals surface area contributed by atoms with Gasteiger partial charge < -0.3 is 0 Å². The topological polar surface area (TPSA) is 17.1 Å². The van der Waals surface area contributed by atoms with Crippen LogP contribution in [0, 0.1) is 5.92 Å². The third-order valence-corrected chi connectivity index (χ3v) is 3.56. The Morgan fingerprint density at radius 3 is 2.56 bits per heavy atom. The molecule has 1 aliphatic rings. The molecule has 16 heavy (non-hydrogen) atoms. The first-order valence-corrected chi connectivity index (χ1v) is 6.32. The van der Waals surface area contributed by atoms with Gasteiger partial charge in [0.25, 0.3) is 0 Å². The molecule has 1 nitrogen and oxygen atoms in total. The largest absolute Gasteiger partial charge is 0.294 e. The predicted octanol–water partition coefficient (Wildman–Crippen LogP) is 4.18. The highest BCUT2D eigenvalue weighted by Gasteiger charge is 2.23. The van der Waals surface area contributed by atoms with Gasteiger partial charge in [-0.3, -0.25) is 4.79 Å². The Kier molecular flexibility index (Phi) is 3.42. The van der Waals surface area contributed by atoms with Crippen LogP contribution in [0.4, 0.5) is 0 Å². The molecule has 1 aliphatic carbocycles. The second-order valence-electron chi connectivity index (χ2n) is 5.13. The molecule has 1 aromatic rings. The first-order valence-electron chi connectivity index (χ1n) is 6.32. The normalized spacial score (nSPS) is 16.9. The lowest BCUT2D eigenvalue weighted by molar-refractivity contribution is 0.0923. The van der Waals surface area contributed by atoms with Crippen molar-refractivity contribution in [2.45, 2.75) is 45.4 Å². The van der Waals surface area contributed by atoms with E-state index in [1.807, 2.05) is 12.1 Å². The zero-order valence-electron chi connectivity index (χ0n) is 10.2. The van der Waals surface area contributed by atoms with Crippen LogP contribution in [-0.2, 0) is 0 Å². The maximum absolute atomic E-state index is 12.2. The van der Waals surface area contributed by atoms with Gasteiger partial charge in [0.05, 0.1) is 0 Å². The van der Waals surface area contributed by atoms with Crippen molar-refractivity contribution < 1.29 is 4.79 Å². The van der Waals surface area contributed by atoms with Crippen molar-refractivity contribution >= 4 is 5.78 Å². The lowest BCUT2D eigenvalue weighted by Crippen LogP contribution is -2.11. The molecular formula is C15H20O. The number of carbonyl (C=O) groups is 1. The molecule has 0 aromatic heterocycles. The van der Waals surface area contributed by atoms with Crippen molar-refractivity contribution in [1.82, 2.24) is 0 Å². The Bertz CT molecular complexity index is 373. The lowest BCUT2D eigenvalue weighted by atomic mass is 9.93. The molecule has 86 valence electrons. The fourth-order valence-corrected chi connectivity index (χ4v) is 2.47. The summed E-state index contributed by atoms with van der Waals surface area (Å²) in [6, 6.07) is 8.16. The molecule has 0 radical (unpaired) electrons. The molecule has 1 aromatic carbocycles. The second kappa shape index (κ2) is 4.82. The van der Waals surface area contributed by atoms with Crippen molar-refractivity contribution in [3.8, 4) is 0 Å². The van der Waals surface area contributed by atoms with Gasteiger partial charge in [-0.1, -0.05) is 44.9 Å². The highest BCUT2D eigenvalue weighted by molar-refractivity contribution is 5.98. The Morgan fingerprint density at radius 1 is 1.25 bits per heavy atom. The van der Waals surface area contributed by atoms with Crippen molar-refractivity contribution in [3.63, 3.8) is 0 Å². The number of rotatable bonds is 3. The fourth-order valence-electron chi connectivity index (χ4n) is 2.47. The SMILES string of the molecule is CC(C)c1cccc(C(=O)C2CCCC2)c1. The van der Waals surface area contributed by atoms with E-state index in [0.29, 0.717) is 17.6 Å². The van der Waals surface area contributed by atoms with Crippen LogP contribution in [0.5, 0.6) is 0 Å². The van der Waals surface area contributed by atoms with Crippen LogP contribution in [0.3, 0.4) is 0 Å². The van der Waals surface area contributed by atoms with Crippen LogP contribution in [0.25, 0.3) is 0 Å². The highest BCUT2D eigenvalue weighted by atomic mass is 16.1. The predicted molar refractivity (Wildman–Crippen MR) is 66.8 cm³/mol. The van der Waals surface area contributed by atoms with Crippen molar-refractivity contribution in [2.75, 3.05) is 0 Å². The maximum atomic E-state index is 12.2. The summed E-state index contributed by atoms with van der Waals surface area (Å²) in [5, 5.41) is 0. The Morgan fingerprint density at radius 2 is 1.94 bits per heavy atom. The zero-order chi connectivity index (χ0) is 11.5. The number of hydrogen-bond acceptors (Lipinski definition) is 1. The molecule has 0 bridgehead atoms. The van der Waals surface area contributed by atoms with Crippen LogP contribution in [0.2, 0.25) is 0 Å². The van der Waals surface area contributed by atoms with E-state index >= 15 is 0 Å². The van der Waals surface area contributed by atoms with Gasteiger partial charge >= 0.3 is 0 Å². The number of carbonyl (C=O) groups excluding carboxylic acids is 1. The number of ketones is 1. The Hall–Kier alpha value is -1.11. The molecule has 2 rings (SSSR count). The van der Waals surface area contributed by atoms with Crippen LogP contribution < -0.4 is 0 Å². The molecule has 1 saturated carbocycles. The summed E-state index contributed by atoms with van der Waals surface area (Å²) in [5.41, 5.74) is 2.18. The summed E-state index contributed by atoms with van der Waals surface area (Å²) < 4.78 is 0. The van der Waals surface area contributed by atoms with E-state index in [0.717, 1.165) is 18.4 Å². The monoisotopic (exact) mass is 216 g/mol. The summed E-state index contributed by atoms with van der Waals surface area (Å²) >= 11 is 0. The molecule has 0 unspecified atom stereocenters. The van der Waals surface area contributed by atoms with Gasteiger partial charge in [0, 0.05) is 11.5 Å². The van der Waals surface area contributed by atoms with Gasteiger partial charge in [-0.15, -0.1) is 0 Å². The summed E-state index contributed by atoms with van der Waals surface area (Å²) in [7, 11) is 0. The Labute approximate surface area is 97.9 Å². The Balaban J connectivity index is 2.19. The standard InChI is InChI=1S/C15H20O/c1-11(2)13-8-5-9-14(10-13)15(16)12-6-3-4-7-12/h5,8-12H,3-4,6-7H2,1-2H3. The van der Waals surface area contributed by atoms with Crippen molar-refractivity contribution in [3.05, 3.63) is 35.4 Å². The molecule has 0 N–H and O–H groups in total. The summed E-state index contributed by atoms with van der Waals surface area (Å²) in [5.74, 6) is 1.15. The van der Waals surface area contributed by atoms with E-state index < -0.39 is 0 Å². The minimum absolute atomic E-state index is 0.294. The van der Waals surface area contributed by atoms with Crippen LogP contribution in [0.1, 0.15) is 61.4 Å². The summed E-state index contributed by atoms with van der Waals surface area (Å²) in [4.78, 5) is 12.2. The zero-order valence-corrected chi connectivity index (χ0v) is 10.2. The van der Waals surface area contributed by atoms with E-state index in [2.05, 4.69) is 26.0 Å². The minimum atomic E-state index is 0.294. The summed E-state index contributed by atoms with van der Waals surface area (Å²) in [6.45, 7) is 4.33. The van der Waals surface area contributed by atoms with Crippen LogP contribution in [-0.4, -0.2) is 5.78 Å². The van der Waals surface area contributed by atoms with E-state index in [4.69, 9.17) is 0 Å². The van der Waals surface area contributed by atoms with Gasteiger partial charge in [0.15, 0.2) is 5.78 Å². The van der Waals surface area contributed by atoms with E-state index in [-0.39, 0.29) is 0 Å². The van der Waals surface area contributed by atoms with Gasteiger partial charge in [0.2, 0.25) is 0 Å². The molecule has 1 heteroatoms. The third kappa shape index (κ3) is 2.34. The fraction of sp³-hybridized carbons (Fsp3) is 0.533. The number of Topliss-reactive ketones (excluding diaryl/α,β-unsaturated/α-hetero) is 1. The number of benzene rings is 1.